The van der Waals surface area contributed by atoms with Crippen LogP contribution in [0.5, 0.6) is 0 Å². The molecule has 0 saturated carbocycles. The van der Waals surface area contributed by atoms with Gasteiger partial charge in [0.1, 0.15) is 9.79 Å². The molecule has 1 aromatic heterocycles. The Morgan fingerprint density at radius 2 is 1.17 bits per heavy atom. The van der Waals surface area contributed by atoms with Crippen LogP contribution in [0.1, 0.15) is 59.0 Å². The second-order valence-corrected chi connectivity index (χ2v) is 22.5. The van der Waals surface area contributed by atoms with Gasteiger partial charge in [0.25, 0.3) is 46.0 Å². The molecule has 340 valence electrons. The van der Waals surface area contributed by atoms with Crippen LogP contribution in [0.15, 0.2) is 120 Å². The fraction of sp³-hybridized carbons (Fsp3) is 0.0750. The van der Waals surface area contributed by atoms with Crippen molar-refractivity contribution in [2.24, 2.45) is 5.92 Å². The Morgan fingerprint density at radius 1 is 0.561 bits per heavy atom. The molecule has 2 aliphatic rings. The number of Topliss-reactive ketones (excluding diaryl/α,β-unsaturated/α-hetero) is 2. The molecule has 6 N–H and O–H groups in total. The predicted molar refractivity (Wildman–Crippen MR) is 228 cm³/mol. The molecule has 1 heterocycles. The van der Waals surface area contributed by atoms with Gasteiger partial charge in [0.2, 0.25) is 0 Å². The highest BCUT2D eigenvalue weighted by molar-refractivity contribution is 7.91. The third-order valence-corrected chi connectivity index (χ3v) is 16.0. The number of hydrogen-bond acceptors (Lipinski definition) is 16. The monoisotopic (exact) mass is 998 g/mol. The summed E-state index contributed by atoms with van der Waals surface area (Å²) in [6.45, 7) is 0. The maximum atomic E-state index is 14.4. The number of H-pyrrole nitrogens is 1. The van der Waals surface area contributed by atoms with E-state index in [1.165, 1.54) is 24.3 Å². The van der Waals surface area contributed by atoms with Crippen molar-refractivity contribution in [1.82, 2.24) is 4.98 Å². The summed E-state index contributed by atoms with van der Waals surface area (Å²) in [5.74, 6) is -6.56. The van der Waals surface area contributed by atoms with Crippen LogP contribution in [0.4, 0.5) is 11.4 Å². The molecule has 66 heavy (non-hydrogen) atoms. The van der Waals surface area contributed by atoms with Gasteiger partial charge in [0.15, 0.2) is 33.0 Å². The van der Waals surface area contributed by atoms with E-state index in [-0.39, 0.29) is 22.3 Å². The summed E-state index contributed by atoms with van der Waals surface area (Å²) in [5, 5.41) is 1.98. The number of benzene rings is 5. The zero-order valence-corrected chi connectivity index (χ0v) is 36.7. The van der Waals surface area contributed by atoms with Gasteiger partial charge in [-0.1, -0.05) is 36.4 Å². The highest BCUT2D eigenvalue weighted by Gasteiger charge is 2.41. The van der Waals surface area contributed by atoms with Gasteiger partial charge < -0.3 is 10.3 Å². The van der Waals surface area contributed by atoms with Crippen molar-refractivity contribution >= 4 is 95.7 Å². The normalized spacial score (nSPS) is 15.2. The van der Waals surface area contributed by atoms with Crippen LogP contribution >= 0.6 is 0 Å². The highest BCUT2D eigenvalue weighted by atomic mass is 32.2. The van der Waals surface area contributed by atoms with E-state index in [2.05, 4.69) is 10.3 Å². The van der Waals surface area contributed by atoms with Gasteiger partial charge in [-0.05, 0) is 66.6 Å². The number of anilines is 2. The molecule has 0 spiro atoms. The molecule has 0 fully saturated rings. The van der Waals surface area contributed by atoms with Crippen molar-refractivity contribution in [3.63, 3.8) is 0 Å². The smallest absolute Gasteiger partial charge is 0.296 e. The molecule has 2 aliphatic carbocycles. The van der Waals surface area contributed by atoms with Crippen molar-refractivity contribution in [3.8, 4) is 11.1 Å². The Labute approximate surface area is 372 Å². The number of nitrogens with one attached hydrogen (secondary N) is 2. The Balaban J connectivity index is 1.26. The predicted octanol–water partition coefficient (Wildman–Crippen LogP) is 3.56. The number of carbonyl (C=O) groups is 4. The zero-order valence-electron chi connectivity index (χ0n) is 32.6. The standard InChI is InChI=1S/C40H26N2O19S5/c43-36(18-4-3-5-20(14-18)63(50,51)52)34-31-22-6-1-2-7-23(22)39(46)32-28(17-30(66(59,60)61)35(33(31)32)42-40(34)47)41-27-11-9-19(16-29(27)65(56,57)58)62(48,49)13-12-25-37(44)24-10-8-21(64(53,54)55)15-26(24)38(25)45/h1-11,14-17,25,41H,12-13H2,(H,42,47)(H,50,51,52)(H,53,54,55)(H,56,57,58)(H,59,60,61). The van der Waals surface area contributed by atoms with Crippen LogP contribution in [0.2, 0.25) is 0 Å². The molecule has 26 heteroatoms. The first kappa shape index (κ1) is 45.9. The third kappa shape index (κ3) is 7.86. The van der Waals surface area contributed by atoms with Gasteiger partial charge >= 0.3 is 0 Å². The van der Waals surface area contributed by atoms with E-state index in [4.69, 9.17) is 0 Å². The van der Waals surface area contributed by atoms with Crippen LogP contribution in [0.3, 0.4) is 0 Å². The van der Waals surface area contributed by atoms with E-state index < -0.39 is 166 Å². The molecule has 0 amide bonds. The number of carbonyl (C=O) groups excluding carboxylic acids is 4. The van der Waals surface area contributed by atoms with Crippen molar-refractivity contribution in [2.45, 2.75) is 30.9 Å². The summed E-state index contributed by atoms with van der Waals surface area (Å²) in [6.07, 6.45) is -0.694. The number of aromatic nitrogens is 1. The summed E-state index contributed by atoms with van der Waals surface area (Å²) < 4.78 is 166. The van der Waals surface area contributed by atoms with Gasteiger partial charge in [-0.15, -0.1) is 0 Å². The molecular formula is C40H26N2O19S5. The highest BCUT2D eigenvalue weighted by Crippen LogP contribution is 2.46. The molecule has 21 nitrogen and oxygen atoms in total. The molecule has 6 aromatic rings. The largest absolute Gasteiger partial charge is 0.354 e. The van der Waals surface area contributed by atoms with E-state index in [9.17, 15) is 84.3 Å². The summed E-state index contributed by atoms with van der Waals surface area (Å²) in [4.78, 5) is 66.3. The lowest BCUT2D eigenvalue weighted by atomic mass is 9.80. The maximum Gasteiger partial charge on any atom is 0.296 e. The fourth-order valence-electron chi connectivity index (χ4n) is 7.85. The quantitative estimate of drug-likeness (QED) is 0.0579. The fourth-order valence-corrected chi connectivity index (χ4v) is 11.7. The number of ketones is 4. The van der Waals surface area contributed by atoms with Gasteiger partial charge in [0, 0.05) is 33.2 Å². The van der Waals surface area contributed by atoms with E-state index in [0.29, 0.717) is 12.1 Å². The van der Waals surface area contributed by atoms with E-state index in [0.717, 1.165) is 54.6 Å². The van der Waals surface area contributed by atoms with Crippen LogP contribution in [-0.2, 0) is 50.3 Å². The summed E-state index contributed by atoms with van der Waals surface area (Å²) in [6, 6.07) is 14.4. The van der Waals surface area contributed by atoms with Crippen molar-refractivity contribution < 1.29 is 79.5 Å². The number of fused-ring (bicyclic) bond motifs is 3. The third-order valence-electron chi connectivity index (χ3n) is 10.8. The molecule has 0 saturated heterocycles. The Hall–Kier alpha value is -6.62. The van der Waals surface area contributed by atoms with Crippen LogP contribution in [-0.4, -0.2) is 94.2 Å². The number of rotatable bonds is 12. The molecule has 0 radical (unpaired) electrons. The first-order valence-electron chi connectivity index (χ1n) is 18.4. The van der Waals surface area contributed by atoms with Crippen molar-refractivity contribution in [2.75, 3.05) is 11.1 Å². The minimum absolute atomic E-state index is 0.125. The zero-order chi connectivity index (χ0) is 48.2. The number of aromatic amines is 1. The summed E-state index contributed by atoms with van der Waals surface area (Å²) in [5.41, 5.74) is -6.55. The molecular weight excluding hydrogens is 973 g/mol. The van der Waals surface area contributed by atoms with Crippen molar-refractivity contribution in [3.05, 3.63) is 135 Å². The van der Waals surface area contributed by atoms with E-state index in [1.807, 2.05) is 0 Å². The summed E-state index contributed by atoms with van der Waals surface area (Å²) >= 11 is 0. The average Bonchev–Trinajstić information content (AvgIpc) is 3.47. The van der Waals surface area contributed by atoms with E-state index >= 15 is 0 Å². The van der Waals surface area contributed by atoms with Crippen LogP contribution < -0.4 is 10.9 Å². The van der Waals surface area contributed by atoms with Gasteiger partial charge in [-0.25, -0.2) is 8.42 Å². The van der Waals surface area contributed by atoms with Crippen LogP contribution in [0.25, 0.3) is 22.0 Å². The molecule has 8 rings (SSSR count). The lowest BCUT2D eigenvalue weighted by molar-refractivity contribution is 0.0834. The number of hydrogen-bond donors (Lipinski definition) is 6. The molecule has 0 aliphatic heterocycles. The van der Waals surface area contributed by atoms with E-state index in [1.54, 1.807) is 0 Å². The topological polar surface area (TPSA) is 365 Å². The van der Waals surface area contributed by atoms with Gasteiger partial charge in [-0.3, -0.25) is 42.2 Å². The second-order valence-electron chi connectivity index (χ2n) is 14.8. The lowest BCUT2D eigenvalue weighted by Crippen LogP contribution is -2.25. The Bertz CT molecular complexity index is 3920. The van der Waals surface area contributed by atoms with Gasteiger partial charge in [-0.2, -0.15) is 33.7 Å². The average molecular weight is 999 g/mol. The van der Waals surface area contributed by atoms with Crippen molar-refractivity contribution in [1.29, 1.82) is 0 Å². The lowest BCUT2D eigenvalue weighted by Gasteiger charge is -2.25. The molecule has 1 atom stereocenters. The first-order chi connectivity index (χ1) is 30.6. The van der Waals surface area contributed by atoms with Gasteiger partial charge in [0.05, 0.1) is 54.4 Å². The molecule has 1 unspecified atom stereocenters. The second kappa shape index (κ2) is 15.5. The first-order valence-corrected chi connectivity index (χ1v) is 25.8. The maximum absolute atomic E-state index is 14.4. The molecule has 5 aromatic carbocycles. The number of sulfone groups is 1. The minimum atomic E-state index is -5.47. The number of pyridine rings is 1. The SMILES string of the molecule is O=C(c1cccc(S(=O)(=O)O)c1)c1c2c3c(c(Nc4ccc(S(=O)(=O)CCC5C(=O)c6ccc(S(=O)(=O)O)cc6C5=O)cc4S(=O)(=O)O)cc(S(=O)(=O)O)c3[nH]c1=O)C(=O)c1ccccc1-2. The Kier molecular flexibility index (Phi) is 10.8. The minimum Gasteiger partial charge on any atom is -0.354 e. The summed E-state index contributed by atoms with van der Waals surface area (Å²) in [7, 11) is -25.2. The Morgan fingerprint density at radius 3 is 1.80 bits per heavy atom. The van der Waals surface area contributed by atoms with Crippen LogP contribution in [0, 0.1) is 5.92 Å². The molecule has 0 bridgehead atoms.